The van der Waals surface area contributed by atoms with Crippen LogP contribution < -0.4 is 5.32 Å². The molecule has 0 bridgehead atoms. The summed E-state index contributed by atoms with van der Waals surface area (Å²) in [5.74, 6) is 0.308. The molecule has 2 aromatic carbocycles. The van der Waals surface area contributed by atoms with Crippen LogP contribution in [-0.4, -0.2) is 26.0 Å². The maximum absolute atomic E-state index is 13.3. The van der Waals surface area contributed by atoms with Crippen LogP contribution in [0.1, 0.15) is 58.5 Å². The molecule has 2 atom stereocenters. The number of ketones is 1. The van der Waals surface area contributed by atoms with Gasteiger partial charge in [-0.05, 0) is 74.1 Å². The fourth-order valence-electron chi connectivity index (χ4n) is 4.67. The molecule has 186 valence electrons. The lowest BCUT2D eigenvalue weighted by atomic mass is 9.85. The number of halogens is 1. The highest BCUT2D eigenvalue weighted by Crippen LogP contribution is 2.31. The fourth-order valence-corrected chi connectivity index (χ4v) is 7.97. The average molecular weight is 530 g/mol. The van der Waals surface area contributed by atoms with Gasteiger partial charge in [-0.25, -0.2) is 8.42 Å². The maximum Gasteiger partial charge on any atom is 0.188 e. The predicted octanol–water partition coefficient (Wildman–Crippen LogP) is 6.65. The molecule has 0 radical (unpaired) electrons. The van der Waals surface area contributed by atoms with E-state index in [1.807, 2.05) is 6.07 Å². The summed E-state index contributed by atoms with van der Waals surface area (Å²) in [7, 11) is -3.38. The lowest BCUT2D eigenvalue weighted by Crippen LogP contribution is -2.41. The van der Waals surface area contributed by atoms with Gasteiger partial charge in [-0.15, -0.1) is 11.3 Å². The molecule has 0 amide bonds. The number of carbonyl (C=O) groups excluding carboxylic acids is 1. The van der Waals surface area contributed by atoms with E-state index in [-0.39, 0.29) is 23.5 Å². The molecule has 0 spiro atoms. The predicted molar refractivity (Wildman–Crippen MR) is 144 cm³/mol. The van der Waals surface area contributed by atoms with Crippen molar-refractivity contribution >= 4 is 38.6 Å². The Morgan fingerprint density at radius 2 is 1.71 bits per heavy atom. The Bertz CT molecular complexity index is 1230. The first-order valence-corrected chi connectivity index (χ1v) is 15.0. The molecule has 2 unspecified atom stereocenters. The number of nitrogens with one attached hydrogen (secondary N) is 1. The van der Waals surface area contributed by atoms with Crippen LogP contribution in [0.15, 0.2) is 64.9 Å². The molecule has 0 saturated heterocycles. The Labute approximate surface area is 217 Å². The van der Waals surface area contributed by atoms with Gasteiger partial charge in [-0.1, -0.05) is 54.3 Å². The molecule has 4 nitrogen and oxygen atoms in total. The monoisotopic (exact) mass is 529 g/mol. The number of sulfone groups is 1. The van der Waals surface area contributed by atoms with Crippen molar-refractivity contribution in [1.82, 2.24) is 5.32 Å². The van der Waals surface area contributed by atoms with Gasteiger partial charge in [0.05, 0.1) is 5.75 Å². The second kappa shape index (κ2) is 11.8. The number of Topliss-reactive ketones (excluding diaryl/α,β-unsaturated/α-hetero) is 1. The molecule has 1 aliphatic carbocycles. The molecule has 35 heavy (non-hydrogen) atoms. The number of hydrogen-bond acceptors (Lipinski definition) is 5. The van der Waals surface area contributed by atoms with Crippen molar-refractivity contribution in [3.8, 4) is 0 Å². The number of hydrogen-bond donors (Lipinski definition) is 1. The van der Waals surface area contributed by atoms with Gasteiger partial charge < -0.3 is 5.32 Å². The summed E-state index contributed by atoms with van der Waals surface area (Å²) in [6, 6.07) is 19.1. The van der Waals surface area contributed by atoms with E-state index in [1.54, 1.807) is 30.3 Å². The molecule has 7 heteroatoms. The Morgan fingerprint density at radius 1 is 1.00 bits per heavy atom. The van der Waals surface area contributed by atoms with Gasteiger partial charge in [0, 0.05) is 34.5 Å². The Kier molecular flexibility index (Phi) is 8.82. The normalized spacial score (nSPS) is 18.5. The zero-order chi connectivity index (χ0) is 24.8. The SMILES string of the molecule is Cc1ccc(CNC2CCCCC2CS(=O)(=O)c2ccc(CCC(=O)c3ccc(Cl)cc3)s2)cc1. The Hall–Kier alpha value is -1.99. The van der Waals surface area contributed by atoms with E-state index in [0.29, 0.717) is 27.6 Å². The largest absolute Gasteiger partial charge is 0.310 e. The van der Waals surface area contributed by atoms with Gasteiger partial charge in [0.1, 0.15) is 4.21 Å². The van der Waals surface area contributed by atoms with Crippen LogP contribution >= 0.6 is 22.9 Å². The summed E-state index contributed by atoms with van der Waals surface area (Å²) < 4.78 is 26.9. The smallest absolute Gasteiger partial charge is 0.188 e. The minimum atomic E-state index is -3.38. The summed E-state index contributed by atoms with van der Waals surface area (Å²) >= 11 is 7.19. The maximum atomic E-state index is 13.3. The molecule has 1 saturated carbocycles. The van der Waals surface area contributed by atoms with Gasteiger partial charge in [0.25, 0.3) is 0 Å². The third kappa shape index (κ3) is 7.26. The molecule has 4 rings (SSSR count). The van der Waals surface area contributed by atoms with E-state index < -0.39 is 9.84 Å². The second-order valence-corrected chi connectivity index (χ2v) is 13.3. The van der Waals surface area contributed by atoms with Crippen molar-refractivity contribution < 1.29 is 13.2 Å². The average Bonchev–Trinajstić information content (AvgIpc) is 3.34. The third-order valence-corrected chi connectivity index (χ3v) is 10.6. The lowest BCUT2D eigenvalue weighted by molar-refractivity contribution is 0.0983. The van der Waals surface area contributed by atoms with Crippen molar-refractivity contribution in [3.63, 3.8) is 0 Å². The van der Waals surface area contributed by atoms with Crippen molar-refractivity contribution in [1.29, 1.82) is 0 Å². The highest BCUT2D eigenvalue weighted by molar-refractivity contribution is 7.93. The topological polar surface area (TPSA) is 63.2 Å². The molecular weight excluding hydrogens is 498 g/mol. The molecule has 1 N–H and O–H groups in total. The Morgan fingerprint density at radius 3 is 2.46 bits per heavy atom. The van der Waals surface area contributed by atoms with Crippen LogP contribution in [0.2, 0.25) is 5.02 Å². The van der Waals surface area contributed by atoms with Crippen molar-refractivity contribution in [2.75, 3.05) is 5.75 Å². The van der Waals surface area contributed by atoms with Crippen molar-refractivity contribution in [3.05, 3.63) is 87.3 Å². The van der Waals surface area contributed by atoms with E-state index >= 15 is 0 Å². The second-order valence-electron chi connectivity index (χ2n) is 9.45. The summed E-state index contributed by atoms with van der Waals surface area (Å²) in [5, 5.41) is 4.23. The van der Waals surface area contributed by atoms with E-state index in [1.165, 1.54) is 22.5 Å². The molecular formula is C28H32ClNO3S2. The number of rotatable bonds is 10. The summed E-state index contributed by atoms with van der Waals surface area (Å²) in [5.41, 5.74) is 3.08. The highest BCUT2D eigenvalue weighted by Gasteiger charge is 2.30. The zero-order valence-corrected chi connectivity index (χ0v) is 22.4. The molecule has 1 fully saturated rings. The molecule has 1 aromatic heterocycles. The van der Waals surface area contributed by atoms with Crippen LogP contribution in [0, 0.1) is 12.8 Å². The van der Waals surface area contributed by atoms with Crippen LogP contribution in [0.5, 0.6) is 0 Å². The van der Waals surface area contributed by atoms with Gasteiger partial charge in [0.2, 0.25) is 0 Å². The summed E-state index contributed by atoms with van der Waals surface area (Å²) in [6.07, 6.45) is 5.02. The zero-order valence-electron chi connectivity index (χ0n) is 20.0. The first-order chi connectivity index (χ1) is 16.8. The highest BCUT2D eigenvalue weighted by atomic mass is 35.5. The number of aryl methyl sites for hydroxylation is 2. The first kappa shape index (κ1) is 26.1. The third-order valence-electron chi connectivity index (χ3n) is 6.74. The summed E-state index contributed by atoms with van der Waals surface area (Å²) in [4.78, 5) is 13.4. The van der Waals surface area contributed by atoms with Crippen LogP contribution in [0.25, 0.3) is 0 Å². The van der Waals surface area contributed by atoms with E-state index in [0.717, 1.165) is 37.1 Å². The summed E-state index contributed by atoms with van der Waals surface area (Å²) in [6.45, 7) is 2.83. The van der Waals surface area contributed by atoms with Gasteiger partial charge >= 0.3 is 0 Å². The van der Waals surface area contributed by atoms with E-state index in [2.05, 4.69) is 36.5 Å². The van der Waals surface area contributed by atoms with Crippen LogP contribution in [0.4, 0.5) is 0 Å². The minimum Gasteiger partial charge on any atom is -0.310 e. The number of benzene rings is 2. The van der Waals surface area contributed by atoms with E-state index in [4.69, 9.17) is 11.6 Å². The standard InChI is InChI=1S/C28H32ClNO3S2/c1-20-6-8-21(9-7-20)18-30-26-5-3-2-4-23(26)19-35(32,33)28-17-15-25(34-28)14-16-27(31)22-10-12-24(29)13-11-22/h6-13,15,17,23,26,30H,2-5,14,16,18-19H2,1H3. The number of thiophene rings is 1. The van der Waals surface area contributed by atoms with Gasteiger partial charge in [-0.2, -0.15) is 0 Å². The minimum absolute atomic E-state index is 0.0316. The van der Waals surface area contributed by atoms with Crippen LogP contribution in [-0.2, 0) is 22.8 Å². The first-order valence-electron chi connectivity index (χ1n) is 12.2. The molecule has 3 aromatic rings. The quantitative estimate of drug-likeness (QED) is 0.299. The molecule has 1 aliphatic rings. The van der Waals surface area contributed by atoms with Gasteiger partial charge in [-0.3, -0.25) is 4.79 Å². The van der Waals surface area contributed by atoms with Crippen LogP contribution in [0.3, 0.4) is 0 Å². The number of carbonyl (C=O) groups is 1. The molecule has 0 aliphatic heterocycles. The van der Waals surface area contributed by atoms with Crippen molar-refractivity contribution in [2.45, 2.75) is 62.2 Å². The lowest BCUT2D eigenvalue weighted by Gasteiger charge is -2.32. The van der Waals surface area contributed by atoms with Crippen molar-refractivity contribution in [2.24, 2.45) is 5.92 Å². The molecule has 1 heterocycles. The van der Waals surface area contributed by atoms with E-state index in [9.17, 15) is 13.2 Å². The van der Waals surface area contributed by atoms with Gasteiger partial charge in [0.15, 0.2) is 15.6 Å². The fraction of sp³-hybridized carbons (Fsp3) is 0.393. The Balaban J connectivity index is 1.34.